The summed E-state index contributed by atoms with van der Waals surface area (Å²) in [5.41, 5.74) is 0.773. The smallest absolute Gasteiger partial charge is 0.267 e. The summed E-state index contributed by atoms with van der Waals surface area (Å²) in [5.74, 6) is -0.224. The highest BCUT2D eigenvalue weighted by Crippen LogP contribution is 2.37. The first-order valence-electron chi connectivity index (χ1n) is 7.35. The third-order valence-corrected chi connectivity index (χ3v) is 6.28. The van der Waals surface area contributed by atoms with E-state index in [-0.39, 0.29) is 12.3 Å². The number of carbonyl (C=O) groups is 1. The lowest BCUT2D eigenvalue weighted by Gasteiger charge is -2.34. The number of carbonyl (C=O) groups excluding carboxylic acids is 1. The normalized spacial score (nSPS) is 16.6. The molecule has 0 radical (unpaired) electrons. The van der Waals surface area contributed by atoms with Crippen LogP contribution in [-0.2, 0) is 14.8 Å². The third-order valence-electron chi connectivity index (χ3n) is 3.67. The van der Waals surface area contributed by atoms with Gasteiger partial charge in [-0.05, 0) is 52.3 Å². The van der Waals surface area contributed by atoms with Crippen molar-refractivity contribution in [1.82, 2.24) is 0 Å². The van der Waals surface area contributed by atoms with Crippen molar-refractivity contribution < 1.29 is 17.9 Å². The number of sulfonamides is 1. The zero-order chi connectivity index (χ0) is 19.1. The highest BCUT2D eigenvalue weighted by atomic mass is 79.9. The van der Waals surface area contributed by atoms with Crippen molar-refractivity contribution in [3.8, 4) is 5.75 Å². The molecule has 10 heteroatoms. The van der Waals surface area contributed by atoms with Crippen LogP contribution in [0.25, 0.3) is 0 Å². The fourth-order valence-electron chi connectivity index (χ4n) is 2.47. The number of benzene rings is 2. The first-order chi connectivity index (χ1) is 12.1. The van der Waals surface area contributed by atoms with Crippen LogP contribution in [0, 0.1) is 0 Å². The van der Waals surface area contributed by atoms with Gasteiger partial charge in [0.1, 0.15) is 5.75 Å². The Labute approximate surface area is 169 Å². The van der Waals surface area contributed by atoms with Gasteiger partial charge in [0.25, 0.3) is 5.91 Å². The van der Waals surface area contributed by atoms with E-state index in [2.05, 4.69) is 21.2 Å². The average Bonchev–Trinajstić information content (AvgIpc) is 2.56. The molecule has 1 heterocycles. The van der Waals surface area contributed by atoms with E-state index in [4.69, 9.17) is 27.9 Å². The van der Waals surface area contributed by atoms with Gasteiger partial charge >= 0.3 is 0 Å². The Morgan fingerprint density at radius 2 is 2.00 bits per heavy atom. The number of ether oxygens (including phenoxy) is 1. The molecule has 0 saturated carbocycles. The van der Waals surface area contributed by atoms with E-state index in [0.29, 0.717) is 25.9 Å². The van der Waals surface area contributed by atoms with Gasteiger partial charge in [0, 0.05) is 15.2 Å². The SMILES string of the molecule is CS(=O)(=O)N1C[C@H](C(=O)Nc2ccc(Br)c(Cl)c2)Oc2ccc(Cl)cc21. The molecule has 0 unspecified atom stereocenters. The van der Waals surface area contributed by atoms with Gasteiger partial charge in [-0.1, -0.05) is 23.2 Å². The molecule has 2 aromatic carbocycles. The number of amides is 1. The van der Waals surface area contributed by atoms with Gasteiger partial charge in [0.2, 0.25) is 10.0 Å². The summed E-state index contributed by atoms with van der Waals surface area (Å²) in [6, 6.07) is 9.52. The number of nitrogens with one attached hydrogen (secondary N) is 1. The zero-order valence-electron chi connectivity index (χ0n) is 13.4. The van der Waals surface area contributed by atoms with Crippen LogP contribution in [-0.4, -0.2) is 33.2 Å². The second-order valence-corrected chi connectivity index (χ2v) is 9.24. The van der Waals surface area contributed by atoms with Crippen molar-refractivity contribution in [2.75, 3.05) is 22.4 Å². The van der Waals surface area contributed by atoms with Gasteiger partial charge in [-0.2, -0.15) is 0 Å². The summed E-state index contributed by atoms with van der Waals surface area (Å²) < 4.78 is 31.8. The third kappa shape index (κ3) is 4.09. The van der Waals surface area contributed by atoms with Crippen molar-refractivity contribution in [1.29, 1.82) is 0 Å². The van der Waals surface area contributed by atoms with Crippen LogP contribution in [0.1, 0.15) is 0 Å². The molecule has 0 fully saturated rings. The predicted octanol–water partition coefficient (Wildman–Crippen LogP) is 3.92. The highest BCUT2D eigenvalue weighted by Gasteiger charge is 2.35. The summed E-state index contributed by atoms with van der Waals surface area (Å²) in [6.07, 6.45) is 0.0350. The molecular formula is C16H13BrCl2N2O4S. The van der Waals surface area contributed by atoms with Crippen molar-refractivity contribution in [2.24, 2.45) is 0 Å². The zero-order valence-corrected chi connectivity index (χ0v) is 17.3. The largest absolute Gasteiger partial charge is 0.476 e. The van der Waals surface area contributed by atoms with Crippen LogP contribution in [0.5, 0.6) is 5.75 Å². The Morgan fingerprint density at radius 1 is 1.27 bits per heavy atom. The Hall–Kier alpha value is -1.48. The first kappa shape index (κ1) is 19.3. The summed E-state index contributed by atoms with van der Waals surface area (Å²) in [7, 11) is -3.62. The Bertz CT molecular complexity index is 984. The Morgan fingerprint density at radius 3 is 2.65 bits per heavy atom. The molecule has 1 N–H and O–H groups in total. The van der Waals surface area contributed by atoms with Gasteiger partial charge in [-0.15, -0.1) is 0 Å². The van der Waals surface area contributed by atoms with Crippen LogP contribution < -0.4 is 14.4 Å². The number of rotatable bonds is 3. The monoisotopic (exact) mass is 478 g/mol. The molecule has 2 aromatic rings. The minimum absolute atomic E-state index is 0.164. The molecule has 0 saturated heterocycles. The molecule has 1 atom stereocenters. The standard InChI is InChI=1S/C16H13BrCl2N2O4S/c1-26(23,24)21-8-15(25-14-5-2-9(18)6-13(14)21)16(22)20-10-3-4-11(17)12(19)7-10/h2-7,15H,8H2,1H3,(H,20,22)/t15-/m1/s1. The van der Waals surface area contributed by atoms with Crippen LogP contribution in [0.3, 0.4) is 0 Å². The molecule has 3 rings (SSSR count). The molecule has 0 bridgehead atoms. The van der Waals surface area contributed by atoms with Gasteiger partial charge in [0.05, 0.1) is 23.5 Å². The molecule has 1 aliphatic rings. The maximum absolute atomic E-state index is 12.6. The molecule has 1 amide bonds. The maximum atomic E-state index is 12.6. The van der Waals surface area contributed by atoms with Gasteiger partial charge in [-0.25, -0.2) is 8.42 Å². The number of anilines is 2. The number of fused-ring (bicyclic) bond motifs is 1. The number of hydrogen-bond donors (Lipinski definition) is 1. The number of halogens is 3. The van der Waals surface area contributed by atoms with E-state index in [0.717, 1.165) is 10.6 Å². The Kier molecular flexibility index (Phi) is 5.39. The summed E-state index contributed by atoms with van der Waals surface area (Å²) in [5, 5.41) is 3.48. The van der Waals surface area contributed by atoms with Gasteiger partial charge < -0.3 is 10.1 Å². The van der Waals surface area contributed by atoms with Crippen LogP contribution in [0.15, 0.2) is 40.9 Å². The molecule has 6 nitrogen and oxygen atoms in total. The van der Waals surface area contributed by atoms with Crippen molar-refractivity contribution >= 4 is 66.4 Å². The fourth-order valence-corrected chi connectivity index (χ4v) is 3.97. The van der Waals surface area contributed by atoms with Crippen molar-refractivity contribution in [3.63, 3.8) is 0 Å². The summed E-state index contributed by atoms with van der Waals surface area (Å²) in [4.78, 5) is 12.6. The first-order valence-corrected chi connectivity index (χ1v) is 10.7. The maximum Gasteiger partial charge on any atom is 0.267 e. The molecule has 0 aromatic heterocycles. The number of hydrogen-bond acceptors (Lipinski definition) is 4. The van der Waals surface area contributed by atoms with E-state index >= 15 is 0 Å². The Balaban J connectivity index is 1.88. The lowest BCUT2D eigenvalue weighted by Crippen LogP contribution is -2.48. The average molecular weight is 480 g/mol. The molecule has 1 aliphatic heterocycles. The quantitative estimate of drug-likeness (QED) is 0.723. The van der Waals surface area contributed by atoms with E-state index in [1.54, 1.807) is 24.3 Å². The van der Waals surface area contributed by atoms with Gasteiger partial charge in [-0.3, -0.25) is 9.10 Å². The van der Waals surface area contributed by atoms with Crippen molar-refractivity contribution in [2.45, 2.75) is 6.10 Å². The van der Waals surface area contributed by atoms with Gasteiger partial charge in [0.15, 0.2) is 6.10 Å². The summed E-state index contributed by atoms with van der Waals surface area (Å²) in [6.45, 7) is -0.164. The highest BCUT2D eigenvalue weighted by molar-refractivity contribution is 9.10. The van der Waals surface area contributed by atoms with Crippen LogP contribution in [0.2, 0.25) is 10.0 Å². The van der Waals surface area contributed by atoms with E-state index < -0.39 is 22.0 Å². The fraction of sp³-hybridized carbons (Fsp3) is 0.188. The predicted molar refractivity (Wildman–Crippen MR) is 106 cm³/mol. The lowest BCUT2D eigenvalue weighted by atomic mass is 10.2. The molecule has 138 valence electrons. The molecule has 0 spiro atoms. The van der Waals surface area contributed by atoms with E-state index in [1.807, 2.05) is 0 Å². The van der Waals surface area contributed by atoms with E-state index in [9.17, 15) is 13.2 Å². The number of nitrogens with zero attached hydrogens (tertiary/aromatic N) is 1. The molecule has 0 aliphatic carbocycles. The topological polar surface area (TPSA) is 75.7 Å². The molecule has 26 heavy (non-hydrogen) atoms. The molecular weight excluding hydrogens is 467 g/mol. The minimum Gasteiger partial charge on any atom is -0.476 e. The summed E-state index contributed by atoms with van der Waals surface area (Å²) >= 11 is 15.2. The minimum atomic E-state index is -3.62. The second kappa shape index (κ2) is 7.26. The van der Waals surface area contributed by atoms with Crippen LogP contribution >= 0.6 is 39.1 Å². The van der Waals surface area contributed by atoms with Crippen molar-refractivity contribution in [3.05, 3.63) is 50.9 Å². The van der Waals surface area contributed by atoms with E-state index in [1.165, 1.54) is 12.1 Å². The van der Waals surface area contributed by atoms with Crippen LogP contribution in [0.4, 0.5) is 11.4 Å². The second-order valence-electron chi connectivity index (χ2n) is 5.63. The lowest BCUT2D eigenvalue weighted by molar-refractivity contribution is -0.122.